The number of ether oxygens (including phenoxy) is 1. The molecule has 1 aromatic heterocycles. The lowest BCUT2D eigenvalue weighted by Gasteiger charge is -2.31. The largest absolute Gasteiger partial charge is 0.460 e. The molecular weight excluding hydrogens is 264 g/mol. The first-order chi connectivity index (χ1) is 10.2. The van der Waals surface area contributed by atoms with Crippen LogP contribution in [0.3, 0.4) is 0 Å². The number of likely N-dealkylation sites (tertiary alicyclic amines) is 1. The molecule has 1 aliphatic heterocycles. The van der Waals surface area contributed by atoms with Crippen LogP contribution in [-0.4, -0.2) is 41.7 Å². The number of esters is 1. The van der Waals surface area contributed by atoms with E-state index in [0.717, 1.165) is 23.9 Å². The molecule has 0 N–H and O–H groups in total. The number of hydrogen-bond acceptors (Lipinski definition) is 3. The van der Waals surface area contributed by atoms with Gasteiger partial charge >= 0.3 is 5.97 Å². The maximum Gasteiger partial charge on any atom is 0.340 e. The number of aryl methyl sites for hydroxylation is 1. The summed E-state index contributed by atoms with van der Waals surface area (Å²) < 4.78 is 7.54. The van der Waals surface area contributed by atoms with Gasteiger partial charge in [0.1, 0.15) is 6.61 Å². The highest BCUT2D eigenvalue weighted by Gasteiger charge is 2.22. The molecule has 2 aromatic rings. The number of likely N-dealkylation sites (N-methyl/N-ethyl adjacent to an activating group) is 1. The zero-order valence-electron chi connectivity index (χ0n) is 12.7. The van der Waals surface area contributed by atoms with Crippen molar-refractivity contribution in [2.75, 3.05) is 20.2 Å². The lowest BCUT2D eigenvalue weighted by atomic mass is 10.0. The van der Waals surface area contributed by atoms with Gasteiger partial charge in [0, 0.05) is 30.2 Å². The van der Waals surface area contributed by atoms with Gasteiger partial charge in [-0.05, 0) is 32.5 Å². The first-order valence-corrected chi connectivity index (χ1v) is 7.58. The number of aromatic nitrogens is 1. The molecule has 0 spiro atoms. The highest BCUT2D eigenvalue weighted by Crippen LogP contribution is 2.22. The second kappa shape index (κ2) is 5.90. The van der Waals surface area contributed by atoms with Gasteiger partial charge in [-0.2, -0.15) is 0 Å². The average molecular weight is 286 g/mol. The molecule has 1 aliphatic rings. The fourth-order valence-electron chi connectivity index (χ4n) is 3.11. The van der Waals surface area contributed by atoms with E-state index in [1.54, 1.807) is 0 Å². The summed E-state index contributed by atoms with van der Waals surface area (Å²) in [5.41, 5.74) is 1.71. The zero-order chi connectivity index (χ0) is 14.8. The average Bonchev–Trinajstić information content (AvgIpc) is 2.84. The number of carbonyl (C=O) groups is 1. The van der Waals surface area contributed by atoms with E-state index in [4.69, 9.17) is 4.74 Å². The third-order valence-electron chi connectivity index (χ3n) is 4.45. The van der Waals surface area contributed by atoms with Crippen LogP contribution in [0.5, 0.6) is 0 Å². The maximum atomic E-state index is 12.4. The van der Waals surface area contributed by atoms with E-state index in [-0.39, 0.29) is 5.97 Å². The lowest BCUT2D eigenvalue weighted by molar-refractivity contribution is 0.0330. The van der Waals surface area contributed by atoms with Crippen molar-refractivity contribution in [1.82, 2.24) is 9.47 Å². The molecule has 0 amide bonds. The molecular formula is C17H22N2O2. The van der Waals surface area contributed by atoms with E-state index in [1.165, 1.54) is 12.8 Å². The molecule has 0 saturated carbocycles. The van der Waals surface area contributed by atoms with Crippen LogP contribution in [0.25, 0.3) is 10.9 Å². The van der Waals surface area contributed by atoms with E-state index in [1.807, 2.05) is 42.1 Å². The summed E-state index contributed by atoms with van der Waals surface area (Å²) in [4.78, 5) is 14.7. The number of nitrogens with zero attached hydrogens (tertiary/aromatic N) is 2. The van der Waals surface area contributed by atoms with Gasteiger partial charge in [-0.3, -0.25) is 0 Å². The zero-order valence-corrected chi connectivity index (χ0v) is 12.7. The molecule has 4 heteroatoms. The molecule has 21 heavy (non-hydrogen) atoms. The molecule has 0 radical (unpaired) electrons. The highest BCUT2D eigenvalue weighted by molar-refractivity contribution is 6.04. The summed E-state index contributed by atoms with van der Waals surface area (Å²) in [6.07, 6.45) is 5.43. The Morgan fingerprint density at radius 1 is 1.29 bits per heavy atom. The van der Waals surface area contributed by atoms with E-state index < -0.39 is 0 Å². The number of benzene rings is 1. The van der Waals surface area contributed by atoms with Crippen LogP contribution in [0.4, 0.5) is 0 Å². The van der Waals surface area contributed by atoms with Crippen molar-refractivity contribution in [3.63, 3.8) is 0 Å². The number of fused-ring (bicyclic) bond motifs is 1. The quantitative estimate of drug-likeness (QED) is 0.814. The Morgan fingerprint density at radius 2 is 2.10 bits per heavy atom. The van der Waals surface area contributed by atoms with Crippen molar-refractivity contribution < 1.29 is 9.53 Å². The standard InChI is InChI=1S/C17H22N2O2/c1-18-10-6-5-7-13(18)12-21-17(20)15-11-19(2)16-9-4-3-8-14(15)16/h3-4,8-9,11,13H,5-7,10,12H2,1-2H3. The smallest absolute Gasteiger partial charge is 0.340 e. The predicted octanol–water partition coefficient (Wildman–Crippen LogP) is 2.82. The Balaban J connectivity index is 1.72. The minimum absolute atomic E-state index is 0.217. The van der Waals surface area contributed by atoms with Gasteiger partial charge < -0.3 is 14.2 Å². The van der Waals surface area contributed by atoms with Crippen molar-refractivity contribution >= 4 is 16.9 Å². The SMILES string of the molecule is CN1CCCCC1COC(=O)c1cn(C)c2ccccc12. The lowest BCUT2D eigenvalue weighted by Crippen LogP contribution is -2.39. The first-order valence-electron chi connectivity index (χ1n) is 7.58. The Morgan fingerprint density at radius 3 is 2.90 bits per heavy atom. The minimum Gasteiger partial charge on any atom is -0.460 e. The molecule has 4 nitrogen and oxygen atoms in total. The Hall–Kier alpha value is -1.81. The monoisotopic (exact) mass is 286 g/mol. The molecule has 0 aliphatic carbocycles. The molecule has 1 unspecified atom stereocenters. The van der Waals surface area contributed by atoms with Gasteiger partial charge in [0.25, 0.3) is 0 Å². The van der Waals surface area contributed by atoms with Crippen LogP contribution in [0.1, 0.15) is 29.6 Å². The molecule has 1 aromatic carbocycles. The topological polar surface area (TPSA) is 34.5 Å². The number of carbonyl (C=O) groups excluding carboxylic acids is 1. The van der Waals surface area contributed by atoms with E-state index in [9.17, 15) is 4.79 Å². The van der Waals surface area contributed by atoms with E-state index in [0.29, 0.717) is 18.2 Å². The third kappa shape index (κ3) is 2.81. The summed E-state index contributed by atoms with van der Waals surface area (Å²) in [5, 5.41) is 0.960. The molecule has 1 atom stereocenters. The normalized spacial score (nSPS) is 19.8. The number of piperidine rings is 1. The Bertz CT molecular complexity index is 647. The van der Waals surface area contributed by atoms with Crippen LogP contribution >= 0.6 is 0 Å². The van der Waals surface area contributed by atoms with Crippen LogP contribution in [0.2, 0.25) is 0 Å². The van der Waals surface area contributed by atoms with Crippen molar-refractivity contribution in [3.05, 3.63) is 36.0 Å². The number of hydrogen-bond donors (Lipinski definition) is 0. The van der Waals surface area contributed by atoms with Gasteiger partial charge in [0.15, 0.2) is 0 Å². The fourth-order valence-corrected chi connectivity index (χ4v) is 3.11. The van der Waals surface area contributed by atoms with Crippen LogP contribution in [0.15, 0.2) is 30.5 Å². The second-order valence-electron chi connectivity index (χ2n) is 5.90. The Kier molecular flexibility index (Phi) is 3.97. The van der Waals surface area contributed by atoms with Crippen LogP contribution in [0, 0.1) is 0 Å². The van der Waals surface area contributed by atoms with Crippen molar-refractivity contribution in [2.45, 2.75) is 25.3 Å². The van der Waals surface area contributed by atoms with Gasteiger partial charge in [0.05, 0.1) is 5.56 Å². The predicted molar refractivity (Wildman–Crippen MR) is 83.5 cm³/mol. The molecule has 3 rings (SSSR count). The van der Waals surface area contributed by atoms with Gasteiger partial charge in [-0.15, -0.1) is 0 Å². The minimum atomic E-state index is -0.217. The highest BCUT2D eigenvalue weighted by atomic mass is 16.5. The summed E-state index contributed by atoms with van der Waals surface area (Å²) >= 11 is 0. The van der Waals surface area contributed by atoms with Gasteiger partial charge in [-0.25, -0.2) is 4.79 Å². The van der Waals surface area contributed by atoms with E-state index in [2.05, 4.69) is 11.9 Å². The van der Waals surface area contributed by atoms with Crippen LogP contribution < -0.4 is 0 Å². The molecule has 1 saturated heterocycles. The fraction of sp³-hybridized carbons (Fsp3) is 0.471. The first kappa shape index (κ1) is 14.1. The summed E-state index contributed by atoms with van der Waals surface area (Å²) in [5.74, 6) is -0.217. The van der Waals surface area contributed by atoms with Gasteiger partial charge in [-0.1, -0.05) is 24.6 Å². The molecule has 1 fully saturated rings. The van der Waals surface area contributed by atoms with Crippen molar-refractivity contribution in [1.29, 1.82) is 0 Å². The van der Waals surface area contributed by atoms with Crippen molar-refractivity contribution in [3.8, 4) is 0 Å². The molecule has 112 valence electrons. The summed E-state index contributed by atoms with van der Waals surface area (Å²) in [6, 6.07) is 8.28. The summed E-state index contributed by atoms with van der Waals surface area (Å²) in [7, 11) is 4.06. The Labute approximate surface area is 125 Å². The third-order valence-corrected chi connectivity index (χ3v) is 4.45. The molecule has 2 heterocycles. The van der Waals surface area contributed by atoms with Gasteiger partial charge in [0.2, 0.25) is 0 Å². The van der Waals surface area contributed by atoms with Crippen molar-refractivity contribution in [2.24, 2.45) is 7.05 Å². The number of para-hydroxylation sites is 1. The maximum absolute atomic E-state index is 12.4. The van der Waals surface area contributed by atoms with E-state index >= 15 is 0 Å². The van der Waals surface area contributed by atoms with Crippen LogP contribution in [-0.2, 0) is 11.8 Å². The second-order valence-corrected chi connectivity index (χ2v) is 5.90. The number of rotatable bonds is 3. The molecule has 0 bridgehead atoms. The summed E-state index contributed by atoms with van der Waals surface area (Å²) in [6.45, 7) is 1.58.